The fourth-order valence-corrected chi connectivity index (χ4v) is 3.22. The second-order valence-corrected chi connectivity index (χ2v) is 6.37. The molecule has 23 heavy (non-hydrogen) atoms. The molecule has 1 amide bonds. The average molecular weight is 329 g/mol. The summed E-state index contributed by atoms with van der Waals surface area (Å²) < 4.78 is 0. The third kappa shape index (κ3) is 4.79. The highest BCUT2D eigenvalue weighted by molar-refractivity contribution is 7.99. The monoisotopic (exact) mass is 329 g/mol. The lowest BCUT2D eigenvalue weighted by molar-refractivity contribution is -0.113. The number of amides is 1. The van der Waals surface area contributed by atoms with Crippen LogP contribution in [0.4, 0.5) is 5.69 Å². The van der Waals surface area contributed by atoms with Crippen LogP contribution in [-0.2, 0) is 17.6 Å². The van der Waals surface area contributed by atoms with Crippen molar-refractivity contribution in [2.24, 2.45) is 0 Å². The molecular weight excluding hydrogens is 306 g/mol. The number of nitrogens with one attached hydrogen (secondary N) is 1. The number of aromatic nitrogens is 2. The van der Waals surface area contributed by atoms with E-state index in [1.54, 1.807) is 0 Å². The van der Waals surface area contributed by atoms with Crippen molar-refractivity contribution in [1.82, 2.24) is 9.97 Å². The Balaban J connectivity index is 2.05. The van der Waals surface area contributed by atoms with Crippen LogP contribution in [0.5, 0.6) is 0 Å². The molecule has 1 N–H and O–H groups in total. The normalized spacial score (nSPS) is 10.6. The van der Waals surface area contributed by atoms with E-state index in [0.717, 1.165) is 29.9 Å². The summed E-state index contributed by atoms with van der Waals surface area (Å²) in [6, 6.07) is 8.10. The van der Waals surface area contributed by atoms with Crippen molar-refractivity contribution in [3.05, 3.63) is 46.8 Å². The molecule has 1 heterocycles. The number of nitrogens with zero attached hydrogens (tertiary/aromatic N) is 2. The van der Waals surface area contributed by atoms with Gasteiger partial charge < -0.3 is 5.32 Å². The van der Waals surface area contributed by atoms with E-state index in [9.17, 15) is 4.79 Å². The molecule has 0 fully saturated rings. The summed E-state index contributed by atoms with van der Waals surface area (Å²) in [6.45, 7) is 8.07. The van der Waals surface area contributed by atoms with Gasteiger partial charge in [0.1, 0.15) is 0 Å². The maximum absolute atomic E-state index is 12.3. The minimum atomic E-state index is -0.0200. The van der Waals surface area contributed by atoms with Crippen LogP contribution in [0, 0.1) is 13.8 Å². The van der Waals surface area contributed by atoms with Crippen molar-refractivity contribution in [2.45, 2.75) is 45.7 Å². The average Bonchev–Trinajstić information content (AvgIpc) is 2.52. The van der Waals surface area contributed by atoms with E-state index in [1.807, 2.05) is 26.0 Å². The van der Waals surface area contributed by atoms with Crippen LogP contribution in [0.3, 0.4) is 0 Å². The zero-order valence-corrected chi connectivity index (χ0v) is 15.0. The van der Waals surface area contributed by atoms with Crippen molar-refractivity contribution in [3.63, 3.8) is 0 Å². The summed E-state index contributed by atoms with van der Waals surface area (Å²) in [4.78, 5) is 21.0. The lowest BCUT2D eigenvalue weighted by atomic mass is 10.0. The summed E-state index contributed by atoms with van der Waals surface area (Å²) in [5.74, 6) is 0.290. The Labute approximate surface area is 142 Å². The smallest absolute Gasteiger partial charge is 0.234 e. The van der Waals surface area contributed by atoms with Gasteiger partial charge in [0.15, 0.2) is 5.16 Å². The summed E-state index contributed by atoms with van der Waals surface area (Å²) >= 11 is 1.37. The second-order valence-electron chi connectivity index (χ2n) is 5.43. The van der Waals surface area contributed by atoms with Crippen LogP contribution in [0.15, 0.2) is 29.4 Å². The van der Waals surface area contributed by atoms with Gasteiger partial charge in [-0.3, -0.25) is 4.79 Å². The number of aryl methyl sites for hydroxylation is 4. The van der Waals surface area contributed by atoms with Gasteiger partial charge in [-0.1, -0.05) is 43.8 Å². The molecule has 122 valence electrons. The van der Waals surface area contributed by atoms with Crippen LogP contribution in [-0.4, -0.2) is 21.6 Å². The van der Waals surface area contributed by atoms with Gasteiger partial charge in [0.25, 0.3) is 0 Å². The number of thioether (sulfide) groups is 1. The highest BCUT2D eigenvalue weighted by atomic mass is 32.2. The van der Waals surface area contributed by atoms with Gasteiger partial charge in [-0.15, -0.1) is 0 Å². The van der Waals surface area contributed by atoms with Crippen LogP contribution >= 0.6 is 11.8 Å². The summed E-state index contributed by atoms with van der Waals surface area (Å²) in [5.41, 5.74) is 5.15. The minimum absolute atomic E-state index is 0.0200. The molecule has 0 bridgehead atoms. The Morgan fingerprint density at radius 2 is 1.65 bits per heavy atom. The third-order valence-electron chi connectivity index (χ3n) is 3.56. The SMILES string of the molecule is CCc1cccc(CC)c1NC(=O)CSc1nc(C)cc(C)n1. The van der Waals surface area contributed by atoms with Crippen molar-refractivity contribution in [2.75, 3.05) is 11.1 Å². The first-order valence-corrected chi connectivity index (χ1v) is 8.87. The van der Waals surface area contributed by atoms with Crippen LogP contribution < -0.4 is 5.32 Å². The molecule has 0 atom stereocenters. The molecule has 0 aliphatic rings. The van der Waals surface area contributed by atoms with Gasteiger partial charge in [0.2, 0.25) is 5.91 Å². The number of para-hydroxylation sites is 1. The van der Waals surface area contributed by atoms with E-state index in [4.69, 9.17) is 0 Å². The molecule has 5 heteroatoms. The molecule has 0 unspecified atom stereocenters. The first-order chi connectivity index (χ1) is 11.0. The fourth-order valence-electron chi connectivity index (χ4n) is 2.47. The Morgan fingerprint density at radius 3 is 2.17 bits per heavy atom. The van der Waals surface area contributed by atoms with Gasteiger partial charge >= 0.3 is 0 Å². The summed E-state index contributed by atoms with van der Waals surface area (Å²) in [7, 11) is 0. The predicted octanol–water partition coefficient (Wildman–Crippen LogP) is 3.95. The molecule has 0 spiro atoms. The van der Waals surface area contributed by atoms with Gasteiger partial charge in [-0.25, -0.2) is 9.97 Å². The van der Waals surface area contributed by atoms with Gasteiger partial charge in [-0.2, -0.15) is 0 Å². The zero-order valence-electron chi connectivity index (χ0n) is 14.1. The van der Waals surface area contributed by atoms with Crippen molar-refractivity contribution < 1.29 is 4.79 Å². The number of hydrogen-bond acceptors (Lipinski definition) is 4. The third-order valence-corrected chi connectivity index (χ3v) is 4.40. The van der Waals surface area contributed by atoms with E-state index in [2.05, 4.69) is 41.3 Å². The van der Waals surface area contributed by atoms with E-state index in [1.165, 1.54) is 22.9 Å². The van der Waals surface area contributed by atoms with E-state index >= 15 is 0 Å². The molecule has 0 aliphatic carbocycles. The number of hydrogen-bond donors (Lipinski definition) is 1. The number of benzene rings is 1. The van der Waals surface area contributed by atoms with E-state index in [0.29, 0.717) is 10.9 Å². The maximum Gasteiger partial charge on any atom is 0.234 e. The number of rotatable bonds is 6. The van der Waals surface area contributed by atoms with Gasteiger partial charge in [0, 0.05) is 17.1 Å². The highest BCUT2D eigenvalue weighted by Crippen LogP contribution is 2.23. The van der Waals surface area contributed by atoms with E-state index in [-0.39, 0.29) is 5.91 Å². The molecule has 1 aromatic heterocycles. The van der Waals surface area contributed by atoms with Crippen LogP contribution in [0.25, 0.3) is 0 Å². The molecule has 0 saturated carbocycles. The Bertz CT molecular complexity index is 658. The Kier molecular flexibility index (Phi) is 6.16. The van der Waals surface area contributed by atoms with Gasteiger partial charge in [-0.05, 0) is 43.9 Å². The molecule has 2 aromatic rings. The number of carbonyl (C=O) groups excluding carboxylic acids is 1. The fraction of sp³-hybridized carbons (Fsp3) is 0.389. The van der Waals surface area contributed by atoms with Crippen molar-refractivity contribution in [1.29, 1.82) is 0 Å². The topological polar surface area (TPSA) is 54.9 Å². The van der Waals surface area contributed by atoms with Gasteiger partial charge in [0.05, 0.1) is 5.75 Å². The maximum atomic E-state index is 12.3. The van der Waals surface area contributed by atoms with Crippen molar-refractivity contribution >= 4 is 23.4 Å². The molecule has 1 aromatic carbocycles. The lowest BCUT2D eigenvalue weighted by Crippen LogP contribution is -2.17. The summed E-state index contributed by atoms with van der Waals surface area (Å²) in [6.07, 6.45) is 1.80. The Morgan fingerprint density at radius 1 is 1.09 bits per heavy atom. The number of carbonyl (C=O) groups is 1. The predicted molar refractivity (Wildman–Crippen MR) is 96.1 cm³/mol. The standard InChI is InChI=1S/C18H23N3OS/c1-5-14-8-7-9-15(6-2)17(14)21-16(22)11-23-18-19-12(3)10-13(4)20-18/h7-10H,5-6,11H2,1-4H3,(H,21,22). The van der Waals surface area contributed by atoms with Crippen LogP contribution in [0.2, 0.25) is 0 Å². The molecule has 0 radical (unpaired) electrons. The zero-order chi connectivity index (χ0) is 16.8. The molecule has 4 nitrogen and oxygen atoms in total. The lowest BCUT2D eigenvalue weighted by Gasteiger charge is -2.14. The first-order valence-electron chi connectivity index (χ1n) is 7.89. The molecule has 2 rings (SSSR count). The quantitative estimate of drug-likeness (QED) is 0.644. The van der Waals surface area contributed by atoms with Crippen LogP contribution in [0.1, 0.15) is 36.4 Å². The largest absolute Gasteiger partial charge is 0.325 e. The van der Waals surface area contributed by atoms with Crippen molar-refractivity contribution in [3.8, 4) is 0 Å². The highest BCUT2D eigenvalue weighted by Gasteiger charge is 2.11. The molecular formula is C18H23N3OS. The second kappa shape index (κ2) is 8.11. The van der Waals surface area contributed by atoms with E-state index < -0.39 is 0 Å². The number of anilines is 1. The molecule has 0 aliphatic heterocycles. The molecule has 0 saturated heterocycles. The minimum Gasteiger partial charge on any atom is -0.325 e. The Hall–Kier alpha value is -1.88. The first kappa shape index (κ1) is 17.5. The summed E-state index contributed by atoms with van der Waals surface area (Å²) in [5, 5.41) is 3.72.